The van der Waals surface area contributed by atoms with Crippen LogP contribution in [0.1, 0.15) is 12.8 Å². The van der Waals surface area contributed by atoms with Crippen molar-refractivity contribution in [3.8, 4) is 0 Å². The molecule has 2 heterocycles. The van der Waals surface area contributed by atoms with Crippen molar-refractivity contribution in [3.05, 3.63) is 75.0 Å². The molecule has 0 unspecified atom stereocenters. The number of hydrogen-bond acceptors (Lipinski definition) is 2. The minimum Gasteiger partial charge on any atom is -1.00 e. The molecular weight excluding hydrogens is 462 g/mol. The zero-order valence-electron chi connectivity index (χ0n) is 10.4. The predicted octanol–water partition coefficient (Wildman–Crippen LogP) is -2.80. The minimum absolute atomic E-state index is 0. The Kier molecular flexibility index (Phi) is 37.2. The number of halogens is 2. The van der Waals surface area contributed by atoms with Crippen molar-refractivity contribution in [2.75, 3.05) is 0 Å². The SMILES string of the molecule is [CH2-]CC[CH2-].[Cl-].[Cl-].[Pt+2].[c-]1ccccn1.[c-]1ccccn1. The maximum Gasteiger partial charge on any atom is 2.00 e. The van der Waals surface area contributed by atoms with E-state index in [1.54, 1.807) is 24.5 Å². The molecular formula is C14H16Cl2N2Pt-4. The van der Waals surface area contributed by atoms with Gasteiger partial charge in [0.25, 0.3) is 0 Å². The van der Waals surface area contributed by atoms with Gasteiger partial charge in [-0.3, -0.25) is 0 Å². The Morgan fingerprint density at radius 3 is 1.16 bits per heavy atom. The summed E-state index contributed by atoms with van der Waals surface area (Å²) >= 11 is 0. The normalized spacial score (nSPS) is 6.63. The van der Waals surface area contributed by atoms with Crippen LogP contribution in [0.25, 0.3) is 0 Å². The van der Waals surface area contributed by atoms with Crippen LogP contribution in [0.3, 0.4) is 0 Å². The maximum atomic E-state index is 3.66. The Labute approximate surface area is 143 Å². The summed E-state index contributed by atoms with van der Waals surface area (Å²) in [4.78, 5) is 7.32. The molecule has 0 N–H and O–H groups in total. The zero-order valence-corrected chi connectivity index (χ0v) is 14.2. The Morgan fingerprint density at radius 2 is 1.11 bits per heavy atom. The molecule has 0 atom stereocenters. The summed E-state index contributed by atoms with van der Waals surface area (Å²) < 4.78 is 0. The molecule has 0 aliphatic heterocycles. The van der Waals surface area contributed by atoms with E-state index < -0.39 is 0 Å². The molecule has 110 valence electrons. The molecule has 0 aliphatic carbocycles. The van der Waals surface area contributed by atoms with E-state index in [-0.39, 0.29) is 45.9 Å². The van der Waals surface area contributed by atoms with E-state index in [0.29, 0.717) is 0 Å². The van der Waals surface area contributed by atoms with Crippen molar-refractivity contribution < 1.29 is 45.9 Å². The van der Waals surface area contributed by atoms with Crippen LogP contribution in [0.15, 0.2) is 48.8 Å². The second-order valence-corrected chi connectivity index (χ2v) is 2.62. The van der Waals surface area contributed by atoms with Gasteiger partial charge in [-0.2, -0.15) is 36.4 Å². The maximum absolute atomic E-state index is 3.66. The fourth-order valence-corrected chi connectivity index (χ4v) is 0.555. The van der Waals surface area contributed by atoms with Gasteiger partial charge in [0.2, 0.25) is 0 Å². The summed E-state index contributed by atoms with van der Waals surface area (Å²) in [6, 6.07) is 11.0. The van der Waals surface area contributed by atoms with Gasteiger partial charge in [-0.05, 0) is 0 Å². The molecule has 5 heteroatoms. The van der Waals surface area contributed by atoms with E-state index in [4.69, 9.17) is 0 Å². The minimum atomic E-state index is 0. The summed E-state index contributed by atoms with van der Waals surface area (Å²) in [6.07, 6.45) is 10.6. The first-order chi connectivity index (χ1) is 7.91. The van der Waals surface area contributed by atoms with Crippen LogP contribution in [0.2, 0.25) is 0 Å². The van der Waals surface area contributed by atoms with Crippen LogP contribution in [0, 0.1) is 26.2 Å². The van der Waals surface area contributed by atoms with Crippen molar-refractivity contribution in [1.29, 1.82) is 0 Å². The number of nitrogens with zero attached hydrogens (tertiary/aromatic N) is 2. The molecule has 0 fully saturated rings. The third-order valence-corrected chi connectivity index (χ3v) is 1.28. The fraction of sp³-hybridized carbons (Fsp3) is 0.143. The van der Waals surface area contributed by atoms with E-state index in [0.717, 1.165) is 12.8 Å². The van der Waals surface area contributed by atoms with Crippen molar-refractivity contribution in [2.24, 2.45) is 0 Å². The Morgan fingerprint density at radius 1 is 0.737 bits per heavy atom. The van der Waals surface area contributed by atoms with Crippen LogP contribution in [-0.2, 0) is 21.1 Å². The molecule has 0 radical (unpaired) electrons. The first-order valence-electron chi connectivity index (χ1n) is 5.04. The summed E-state index contributed by atoms with van der Waals surface area (Å²) in [5, 5.41) is 0. The molecule has 2 aromatic heterocycles. The van der Waals surface area contributed by atoms with Crippen LogP contribution in [-0.4, -0.2) is 9.97 Å². The standard InChI is InChI=1S/2C5H4N.C4H8.2ClH.Pt/c2*1-2-4-6-5-3-1;1-3-4-2;;;/h2*1-4H;1-4H2;2*1H;/q2*-1;-2;;;+2/p-2. The van der Waals surface area contributed by atoms with E-state index >= 15 is 0 Å². The molecule has 0 aromatic carbocycles. The van der Waals surface area contributed by atoms with Gasteiger partial charge in [0.1, 0.15) is 0 Å². The zero-order chi connectivity index (χ0) is 11.9. The molecule has 0 amide bonds. The predicted molar refractivity (Wildman–Crippen MR) is 66.1 cm³/mol. The average molecular weight is 478 g/mol. The number of pyridine rings is 2. The Bertz CT molecular complexity index is 223. The molecule has 0 spiro atoms. The van der Waals surface area contributed by atoms with Crippen molar-refractivity contribution in [3.63, 3.8) is 0 Å². The van der Waals surface area contributed by atoms with Crippen LogP contribution < -0.4 is 24.8 Å². The first kappa shape index (κ1) is 27.0. The van der Waals surface area contributed by atoms with E-state index in [2.05, 4.69) is 36.2 Å². The molecule has 0 saturated heterocycles. The smallest absolute Gasteiger partial charge is 1.00 e. The first-order valence-corrected chi connectivity index (χ1v) is 5.04. The molecule has 0 saturated carbocycles. The largest absolute Gasteiger partial charge is 2.00 e. The Balaban J connectivity index is -0.0000000842. The summed E-state index contributed by atoms with van der Waals surface area (Å²) in [5.41, 5.74) is 0. The molecule has 0 aliphatic rings. The van der Waals surface area contributed by atoms with E-state index in [9.17, 15) is 0 Å². The third-order valence-electron chi connectivity index (χ3n) is 1.28. The number of rotatable bonds is 1. The van der Waals surface area contributed by atoms with E-state index in [1.807, 2.05) is 24.3 Å². The van der Waals surface area contributed by atoms with E-state index in [1.165, 1.54) is 0 Å². The number of hydrogen-bond donors (Lipinski definition) is 0. The van der Waals surface area contributed by atoms with Gasteiger partial charge in [0.05, 0.1) is 0 Å². The van der Waals surface area contributed by atoms with Crippen LogP contribution in [0.5, 0.6) is 0 Å². The Hall–Kier alpha value is -0.432. The summed E-state index contributed by atoms with van der Waals surface area (Å²) in [7, 11) is 0. The van der Waals surface area contributed by atoms with Crippen LogP contribution >= 0.6 is 0 Å². The second-order valence-electron chi connectivity index (χ2n) is 2.62. The van der Waals surface area contributed by atoms with Gasteiger partial charge < -0.3 is 48.6 Å². The monoisotopic (exact) mass is 477 g/mol. The number of unbranched alkanes of at least 4 members (excludes halogenated alkanes) is 1. The van der Waals surface area contributed by atoms with Crippen LogP contribution in [0.4, 0.5) is 0 Å². The van der Waals surface area contributed by atoms with Crippen molar-refractivity contribution >= 4 is 0 Å². The second kappa shape index (κ2) is 26.2. The topological polar surface area (TPSA) is 25.8 Å². The molecule has 2 rings (SSSR count). The third kappa shape index (κ3) is 27.0. The van der Waals surface area contributed by atoms with Gasteiger partial charge in [-0.1, -0.05) is 24.8 Å². The fourth-order valence-electron chi connectivity index (χ4n) is 0.555. The van der Waals surface area contributed by atoms with Gasteiger partial charge in [0.15, 0.2) is 0 Å². The van der Waals surface area contributed by atoms with Gasteiger partial charge in [-0.15, -0.1) is 0 Å². The average Bonchev–Trinajstić information content (AvgIpc) is 2.44. The van der Waals surface area contributed by atoms with Crippen molar-refractivity contribution in [2.45, 2.75) is 12.8 Å². The quantitative estimate of drug-likeness (QED) is 0.415. The summed E-state index contributed by atoms with van der Waals surface area (Å²) in [5.74, 6) is 0. The molecule has 2 nitrogen and oxygen atoms in total. The molecule has 0 bridgehead atoms. The van der Waals surface area contributed by atoms with Crippen molar-refractivity contribution in [1.82, 2.24) is 9.97 Å². The molecule has 19 heavy (non-hydrogen) atoms. The van der Waals surface area contributed by atoms with Gasteiger partial charge in [0, 0.05) is 0 Å². The number of aromatic nitrogens is 2. The summed E-state index contributed by atoms with van der Waals surface area (Å²) in [6.45, 7) is 7.08. The van der Waals surface area contributed by atoms with Gasteiger partial charge >= 0.3 is 21.1 Å². The van der Waals surface area contributed by atoms with Gasteiger partial charge in [-0.25, -0.2) is 12.8 Å². The molecule has 2 aromatic rings.